The molecule has 0 bridgehead atoms. The second kappa shape index (κ2) is 12.9. The van der Waals surface area contributed by atoms with Crippen molar-refractivity contribution in [2.24, 2.45) is 0 Å². The first-order valence-corrected chi connectivity index (χ1v) is 12.2. The number of nitriles is 1. The molecule has 4 aromatic rings. The lowest BCUT2D eigenvalue weighted by atomic mass is 10.1. The number of anilines is 1. The van der Waals surface area contributed by atoms with Crippen molar-refractivity contribution in [3.8, 4) is 23.3 Å². The SMILES string of the molecule is COc1cccc(OCCOc2ccc(/C=C(/C#N)C(=O)Nc3nnc(Cc4ccccc4)s3)cc2)c1. The number of benzene rings is 3. The summed E-state index contributed by atoms with van der Waals surface area (Å²) >= 11 is 1.28. The average molecular weight is 513 g/mol. The van der Waals surface area contributed by atoms with Crippen LogP contribution in [0.15, 0.2) is 84.4 Å². The van der Waals surface area contributed by atoms with Crippen LogP contribution < -0.4 is 19.5 Å². The molecule has 9 heteroatoms. The minimum Gasteiger partial charge on any atom is -0.497 e. The number of hydrogen-bond donors (Lipinski definition) is 1. The van der Waals surface area contributed by atoms with Crippen LogP contribution in [0.4, 0.5) is 5.13 Å². The van der Waals surface area contributed by atoms with Crippen LogP contribution in [-0.4, -0.2) is 36.4 Å². The minimum absolute atomic E-state index is 0.0415. The van der Waals surface area contributed by atoms with Crippen molar-refractivity contribution in [2.45, 2.75) is 6.42 Å². The molecule has 0 atom stereocenters. The number of hydrogen-bond acceptors (Lipinski definition) is 8. The molecule has 0 saturated heterocycles. The van der Waals surface area contributed by atoms with Gasteiger partial charge in [0.2, 0.25) is 5.13 Å². The summed E-state index contributed by atoms with van der Waals surface area (Å²) in [6, 6.07) is 26.3. The lowest BCUT2D eigenvalue weighted by Gasteiger charge is -2.09. The van der Waals surface area contributed by atoms with Gasteiger partial charge in [-0.2, -0.15) is 5.26 Å². The van der Waals surface area contributed by atoms with Gasteiger partial charge in [0.1, 0.15) is 47.1 Å². The summed E-state index contributed by atoms with van der Waals surface area (Å²) in [4.78, 5) is 12.6. The zero-order valence-electron chi connectivity index (χ0n) is 20.1. The fourth-order valence-electron chi connectivity index (χ4n) is 3.30. The molecule has 1 aromatic heterocycles. The van der Waals surface area contributed by atoms with Gasteiger partial charge in [-0.3, -0.25) is 10.1 Å². The fraction of sp³-hybridized carbons (Fsp3) is 0.143. The average Bonchev–Trinajstić information content (AvgIpc) is 3.37. The number of nitrogens with one attached hydrogen (secondary N) is 1. The van der Waals surface area contributed by atoms with Crippen LogP contribution in [0.1, 0.15) is 16.1 Å². The molecule has 4 rings (SSSR count). The Morgan fingerprint density at radius 2 is 1.68 bits per heavy atom. The van der Waals surface area contributed by atoms with E-state index in [0.717, 1.165) is 16.3 Å². The predicted octanol–water partition coefficient (Wildman–Crippen LogP) is 5.14. The Hall–Kier alpha value is -4.68. The van der Waals surface area contributed by atoms with Gasteiger partial charge in [0, 0.05) is 12.5 Å². The zero-order chi connectivity index (χ0) is 25.9. The summed E-state index contributed by atoms with van der Waals surface area (Å²) in [5.41, 5.74) is 1.75. The normalized spacial score (nSPS) is 10.9. The van der Waals surface area contributed by atoms with Crippen molar-refractivity contribution in [1.29, 1.82) is 5.26 Å². The quantitative estimate of drug-likeness (QED) is 0.168. The minimum atomic E-state index is -0.542. The van der Waals surface area contributed by atoms with E-state index < -0.39 is 5.91 Å². The maximum atomic E-state index is 12.6. The first-order chi connectivity index (χ1) is 18.1. The third kappa shape index (κ3) is 7.65. The van der Waals surface area contributed by atoms with E-state index in [2.05, 4.69) is 15.5 Å². The van der Waals surface area contributed by atoms with Gasteiger partial charge in [0.15, 0.2) is 0 Å². The van der Waals surface area contributed by atoms with Gasteiger partial charge >= 0.3 is 0 Å². The molecule has 0 aliphatic heterocycles. The van der Waals surface area contributed by atoms with Crippen molar-refractivity contribution in [3.05, 3.63) is 101 Å². The summed E-state index contributed by atoms with van der Waals surface area (Å²) in [7, 11) is 1.61. The topological polar surface area (TPSA) is 106 Å². The van der Waals surface area contributed by atoms with E-state index in [1.807, 2.05) is 54.6 Å². The van der Waals surface area contributed by atoms with Crippen LogP contribution >= 0.6 is 11.3 Å². The summed E-state index contributed by atoms with van der Waals surface area (Å²) < 4.78 is 16.5. The lowest BCUT2D eigenvalue weighted by molar-refractivity contribution is -0.112. The number of aromatic nitrogens is 2. The highest BCUT2D eigenvalue weighted by molar-refractivity contribution is 7.15. The first-order valence-electron chi connectivity index (χ1n) is 11.4. The van der Waals surface area contributed by atoms with Crippen LogP contribution in [0.5, 0.6) is 17.2 Å². The maximum Gasteiger partial charge on any atom is 0.268 e. The van der Waals surface area contributed by atoms with E-state index in [-0.39, 0.29) is 5.57 Å². The molecule has 8 nitrogen and oxygen atoms in total. The van der Waals surface area contributed by atoms with E-state index >= 15 is 0 Å². The summed E-state index contributed by atoms with van der Waals surface area (Å²) in [5, 5.41) is 21.4. The Morgan fingerprint density at radius 3 is 2.41 bits per heavy atom. The molecule has 0 saturated carbocycles. The first kappa shape index (κ1) is 25.4. The molecule has 1 N–H and O–H groups in total. The number of carbonyl (C=O) groups is 1. The Morgan fingerprint density at radius 1 is 0.946 bits per heavy atom. The Labute approximate surface area is 218 Å². The summed E-state index contributed by atoms with van der Waals surface area (Å²) in [5.74, 6) is 1.53. The number of nitrogens with zero attached hydrogens (tertiary/aromatic N) is 3. The van der Waals surface area contributed by atoms with Crippen molar-refractivity contribution in [1.82, 2.24) is 10.2 Å². The monoisotopic (exact) mass is 512 g/mol. The second-order valence-electron chi connectivity index (χ2n) is 7.73. The summed E-state index contributed by atoms with van der Waals surface area (Å²) in [6.07, 6.45) is 2.13. The molecule has 0 unspecified atom stereocenters. The fourth-order valence-corrected chi connectivity index (χ4v) is 4.07. The van der Waals surface area contributed by atoms with Gasteiger partial charge in [-0.05, 0) is 41.5 Å². The van der Waals surface area contributed by atoms with E-state index in [1.54, 1.807) is 37.4 Å². The number of rotatable bonds is 11. The Kier molecular flexibility index (Phi) is 8.83. The van der Waals surface area contributed by atoms with Gasteiger partial charge in [0.25, 0.3) is 5.91 Å². The van der Waals surface area contributed by atoms with E-state index in [4.69, 9.17) is 14.2 Å². The number of amides is 1. The summed E-state index contributed by atoms with van der Waals surface area (Å²) in [6.45, 7) is 0.721. The largest absolute Gasteiger partial charge is 0.497 e. The standard InChI is InChI=1S/C28H24N4O4S/c1-34-24-8-5-9-25(18-24)36-15-14-35-23-12-10-21(11-13-23)16-22(19-29)27(33)30-28-32-31-26(37-28)17-20-6-3-2-4-7-20/h2-13,16,18H,14-15,17H2,1H3,(H,30,32,33)/b22-16-. The second-order valence-corrected chi connectivity index (χ2v) is 8.79. The Bertz CT molecular complexity index is 1400. The highest BCUT2D eigenvalue weighted by Gasteiger charge is 2.13. The predicted molar refractivity (Wildman–Crippen MR) is 142 cm³/mol. The van der Waals surface area contributed by atoms with E-state index in [9.17, 15) is 10.1 Å². The molecule has 0 aliphatic carbocycles. The van der Waals surface area contributed by atoms with Crippen LogP contribution in [0.3, 0.4) is 0 Å². The van der Waals surface area contributed by atoms with Crippen LogP contribution in [0.25, 0.3) is 6.08 Å². The van der Waals surface area contributed by atoms with Crippen LogP contribution in [0.2, 0.25) is 0 Å². The lowest BCUT2D eigenvalue weighted by Crippen LogP contribution is -2.13. The van der Waals surface area contributed by atoms with Gasteiger partial charge < -0.3 is 14.2 Å². The molecule has 0 fully saturated rings. The third-order valence-corrected chi connectivity index (χ3v) is 5.94. The molecule has 0 aliphatic rings. The molecule has 0 radical (unpaired) electrons. The molecular formula is C28H24N4O4S. The highest BCUT2D eigenvalue weighted by Crippen LogP contribution is 2.21. The molecule has 3 aromatic carbocycles. The highest BCUT2D eigenvalue weighted by atomic mass is 32.1. The van der Waals surface area contributed by atoms with Crippen molar-refractivity contribution >= 4 is 28.5 Å². The van der Waals surface area contributed by atoms with Crippen molar-refractivity contribution in [2.75, 3.05) is 25.6 Å². The maximum absolute atomic E-state index is 12.6. The van der Waals surface area contributed by atoms with Crippen LogP contribution in [-0.2, 0) is 11.2 Å². The molecule has 1 heterocycles. The molecule has 0 spiro atoms. The Balaban J connectivity index is 1.27. The zero-order valence-corrected chi connectivity index (χ0v) is 20.9. The van der Waals surface area contributed by atoms with E-state index in [1.165, 1.54) is 17.4 Å². The molecule has 1 amide bonds. The van der Waals surface area contributed by atoms with E-state index in [0.29, 0.717) is 41.8 Å². The molecule has 37 heavy (non-hydrogen) atoms. The number of methoxy groups -OCH3 is 1. The van der Waals surface area contributed by atoms with Crippen molar-refractivity contribution in [3.63, 3.8) is 0 Å². The number of ether oxygens (including phenoxy) is 3. The van der Waals surface area contributed by atoms with Gasteiger partial charge in [-0.25, -0.2) is 0 Å². The van der Waals surface area contributed by atoms with Gasteiger partial charge in [0.05, 0.1) is 7.11 Å². The van der Waals surface area contributed by atoms with Gasteiger partial charge in [-0.1, -0.05) is 59.9 Å². The third-order valence-electron chi connectivity index (χ3n) is 5.10. The smallest absolute Gasteiger partial charge is 0.268 e. The van der Waals surface area contributed by atoms with Crippen LogP contribution in [0, 0.1) is 11.3 Å². The van der Waals surface area contributed by atoms with Gasteiger partial charge in [-0.15, -0.1) is 10.2 Å². The number of carbonyl (C=O) groups excluding carboxylic acids is 1. The molecular weight excluding hydrogens is 488 g/mol. The van der Waals surface area contributed by atoms with Crippen molar-refractivity contribution < 1.29 is 19.0 Å². The molecule has 186 valence electrons.